The highest BCUT2D eigenvalue weighted by atomic mass is 31.2. The van der Waals surface area contributed by atoms with Gasteiger partial charge < -0.3 is 18.5 Å². The summed E-state index contributed by atoms with van der Waals surface area (Å²) in [5.74, 6) is 0.975. The molecule has 30 heavy (non-hydrogen) atoms. The SMILES string of the molecule is CCOP(=O)(CN1CCc2cc(OC)c(OC)cc2C1c1ccc(F)cc1)OCC. The van der Waals surface area contributed by atoms with E-state index in [1.807, 2.05) is 12.1 Å². The van der Waals surface area contributed by atoms with Gasteiger partial charge in [0.15, 0.2) is 11.5 Å². The van der Waals surface area contributed by atoms with Crippen LogP contribution in [0.2, 0.25) is 0 Å². The third-order valence-electron chi connectivity index (χ3n) is 5.17. The van der Waals surface area contributed by atoms with Crippen molar-refractivity contribution < 1.29 is 27.5 Å². The average molecular weight is 437 g/mol. The molecule has 1 heterocycles. The number of rotatable bonds is 9. The van der Waals surface area contributed by atoms with E-state index in [0.29, 0.717) is 31.3 Å². The maximum absolute atomic E-state index is 13.6. The van der Waals surface area contributed by atoms with Crippen molar-refractivity contribution in [3.8, 4) is 11.5 Å². The predicted molar refractivity (Wildman–Crippen MR) is 114 cm³/mol. The molecule has 0 aliphatic carbocycles. The second-order valence-electron chi connectivity index (χ2n) is 7.01. The first-order valence-corrected chi connectivity index (χ1v) is 11.8. The van der Waals surface area contributed by atoms with Crippen molar-refractivity contribution in [1.29, 1.82) is 0 Å². The van der Waals surface area contributed by atoms with Crippen LogP contribution in [-0.4, -0.2) is 45.2 Å². The van der Waals surface area contributed by atoms with E-state index in [0.717, 1.165) is 23.1 Å². The molecule has 0 bridgehead atoms. The fourth-order valence-electron chi connectivity index (χ4n) is 3.92. The molecule has 0 amide bonds. The summed E-state index contributed by atoms with van der Waals surface area (Å²) in [6.45, 7) is 4.84. The number of hydrogen-bond donors (Lipinski definition) is 0. The Morgan fingerprint density at radius 1 is 1.03 bits per heavy atom. The van der Waals surface area contributed by atoms with Crippen molar-refractivity contribution in [1.82, 2.24) is 4.90 Å². The van der Waals surface area contributed by atoms with Crippen molar-refractivity contribution in [2.75, 3.05) is 40.3 Å². The van der Waals surface area contributed by atoms with Crippen LogP contribution in [0.1, 0.15) is 36.6 Å². The third-order valence-corrected chi connectivity index (χ3v) is 7.18. The van der Waals surface area contributed by atoms with Gasteiger partial charge in [-0.1, -0.05) is 12.1 Å². The Bertz CT molecular complexity index is 895. The summed E-state index contributed by atoms with van der Waals surface area (Å²) >= 11 is 0. The maximum atomic E-state index is 13.6. The van der Waals surface area contributed by atoms with Crippen LogP contribution < -0.4 is 9.47 Å². The fourth-order valence-corrected chi connectivity index (χ4v) is 5.69. The van der Waals surface area contributed by atoms with E-state index < -0.39 is 7.60 Å². The summed E-state index contributed by atoms with van der Waals surface area (Å²) in [5, 5.41) is 0. The fraction of sp³-hybridized carbons (Fsp3) is 0.455. The highest BCUT2D eigenvalue weighted by molar-refractivity contribution is 7.53. The second-order valence-corrected chi connectivity index (χ2v) is 9.03. The lowest BCUT2D eigenvalue weighted by atomic mass is 9.88. The molecule has 0 fully saturated rings. The molecule has 164 valence electrons. The Hall–Kier alpha value is -1.92. The first kappa shape index (κ1) is 22.8. The van der Waals surface area contributed by atoms with Crippen LogP contribution >= 0.6 is 7.60 Å². The normalized spacial score (nSPS) is 16.9. The van der Waals surface area contributed by atoms with Gasteiger partial charge in [0.25, 0.3) is 0 Å². The molecule has 2 aromatic carbocycles. The van der Waals surface area contributed by atoms with Gasteiger partial charge in [-0.3, -0.25) is 9.46 Å². The number of nitrogens with zero attached hydrogens (tertiary/aromatic N) is 1. The van der Waals surface area contributed by atoms with Crippen molar-refractivity contribution in [3.63, 3.8) is 0 Å². The Kier molecular flexibility index (Phi) is 7.53. The number of halogens is 1. The van der Waals surface area contributed by atoms with E-state index in [-0.39, 0.29) is 18.1 Å². The van der Waals surface area contributed by atoms with Gasteiger partial charge in [-0.2, -0.15) is 0 Å². The predicted octanol–water partition coefficient (Wildman–Crippen LogP) is 5.01. The van der Waals surface area contributed by atoms with Crippen LogP contribution in [-0.2, 0) is 20.0 Å². The van der Waals surface area contributed by atoms with E-state index in [9.17, 15) is 8.96 Å². The van der Waals surface area contributed by atoms with Gasteiger partial charge in [-0.25, -0.2) is 4.39 Å². The lowest BCUT2D eigenvalue weighted by Crippen LogP contribution is -2.37. The van der Waals surface area contributed by atoms with Crippen LogP contribution in [0.15, 0.2) is 36.4 Å². The standard InChI is InChI=1S/C22H29FNO5P/c1-5-28-30(25,29-6-2)15-24-12-11-17-13-20(26-3)21(27-4)14-19(17)22(24)16-7-9-18(23)10-8-16/h7-10,13-14,22H,5-6,11-12,15H2,1-4H3. The van der Waals surface area contributed by atoms with Crippen LogP contribution in [0.25, 0.3) is 0 Å². The molecule has 2 aromatic rings. The van der Waals surface area contributed by atoms with Gasteiger partial charge in [-0.05, 0) is 61.2 Å². The van der Waals surface area contributed by atoms with Gasteiger partial charge in [0, 0.05) is 6.54 Å². The second kappa shape index (κ2) is 9.92. The summed E-state index contributed by atoms with van der Waals surface area (Å²) in [5.41, 5.74) is 3.01. The Balaban J connectivity index is 2.08. The lowest BCUT2D eigenvalue weighted by Gasteiger charge is -2.39. The molecule has 8 heteroatoms. The molecule has 1 unspecified atom stereocenters. The van der Waals surface area contributed by atoms with Crippen molar-refractivity contribution in [2.24, 2.45) is 0 Å². The van der Waals surface area contributed by atoms with Crippen molar-refractivity contribution in [3.05, 3.63) is 58.9 Å². The van der Waals surface area contributed by atoms with E-state index in [1.165, 1.54) is 12.1 Å². The van der Waals surface area contributed by atoms with Crippen LogP contribution in [0.5, 0.6) is 11.5 Å². The lowest BCUT2D eigenvalue weighted by molar-refractivity contribution is 0.178. The molecular formula is C22H29FNO5P. The van der Waals surface area contributed by atoms with Crippen LogP contribution in [0.4, 0.5) is 4.39 Å². The molecule has 1 aliphatic rings. The monoisotopic (exact) mass is 437 g/mol. The molecular weight excluding hydrogens is 408 g/mol. The highest BCUT2D eigenvalue weighted by Crippen LogP contribution is 2.51. The molecule has 0 aromatic heterocycles. The van der Waals surface area contributed by atoms with E-state index >= 15 is 0 Å². The van der Waals surface area contributed by atoms with Crippen molar-refractivity contribution >= 4 is 7.60 Å². The molecule has 0 radical (unpaired) electrons. The zero-order valence-corrected chi connectivity index (χ0v) is 18.8. The number of fused-ring (bicyclic) bond motifs is 1. The minimum Gasteiger partial charge on any atom is -0.493 e. The molecule has 6 nitrogen and oxygen atoms in total. The zero-order valence-electron chi connectivity index (χ0n) is 17.9. The Morgan fingerprint density at radius 3 is 2.20 bits per heavy atom. The van der Waals surface area contributed by atoms with Gasteiger partial charge in [0.05, 0.1) is 33.5 Å². The summed E-state index contributed by atoms with van der Waals surface area (Å²) in [6.07, 6.45) is 0.885. The van der Waals surface area contributed by atoms with E-state index in [2.05, 4.69) is 4.90 Å². The molecule has 0 spiro atoms. The topological polar surface area (TPSA) is 57.2 Å². The number of benzene rings is 2. The minimum atomic E-state index is -3.31. The molecule has 0 saturated carbocycles. The summed E-state index contributed by atoms with van der Waals surface area (Å²) in [4.78, 5) is 2.08. The molecule has 0 saturated heterocycles. The Morgan fingerprint density at radius 2 is 1.63 bits per heavy atom. The number of hydrogen-bond acceptors (Lipinski definition) is 6. The van der Waals surface area contributed by atoms with Gasteiger partial charge >= 0.3 is 7.60 Å². The van der Waals surface area contributed by atoms with Crippen molar-refractivity contribution in [2.45, 2.75) is 26.3 Å². The van der Waals surface area contributed by atoms with Gasteiger partial charge in [0.2, 0.25) is 0 Å². The highest BCUT2D eigenvalue weighted by Gasteiger charge is 2.36. The number of ether oxygens (including phenoxy) is 2. The molecule has 1 aliphatic heterocycles. The Labute approximate surface area is 177 Å². The quantitative estimate of drug-likeness (QED) is 0.514. The smallest absolute Gasteiger partial charge is 0.344 e. The zero-order chi connectivity index (χ0) is 21.7. The first-order valence-electron chi connectivity index (χ1n) is 10.1. The van der Waals surface area contributed by atoms with Crippen LogP contribution in [0, 0.1) is 5.82 Å². The van der Waals surface area contributed by atoms with Crippen LogP contribution in [0.3, 0.4) is 0 Å². The summed E-state index contributed by atoms with van der Waals surface area (Å²) in [7, 11) is -0.103. The average Bonchev–Trinajstić information content (AvgIpc) is 2.73. The first-order chi connectivity index (χ1) is 14.4. The molecule has 3 rings (SSSR count). The van der Waals surface area contributed by atoms with E-state index in [4.69, 9.17) is 18.5 Å². The largest absolute Gasteiger partial charge is 0.493 e. The third kappa shape index (κ3) is 4.86. The maximum Gasteiger partial charge on any atom is 0.344 e. The molecule has 0 N–H and O–H groups in total. The number of methoxy groups -OCH3 is 2. The minimum absolute atomic E-state index is 0.143. The summed E-state index contributed by atoms with van der Waals surface area (Å²) in [6, 6.07) is 10.1. The molecule has 1 atom stereocenters. The van der Waals surface area contributed by atoms with Gasteiger partial charge in [-0.15, -0.1) is 0 Å². The summed E-state index contributed by atoms with van der Waals surface area (Å²) < 4.78 is 48.9. The van der Waals surface area contributed by atoms with Gasteiger partial charge in [0.1, 0.15) is 12.1 Å². The van der Waals surface area contributed by atoms with E-state index in [1.54, 1.807) is 40.2 Å².